The molecule has 0 aliphatic carbocycles. The predicted molar refractivity (Wildman–Crippen MR) is 91.9 cm³/mol. The number of Topliss-reactive ketones (excluding diaryl/α,β-unsaturated/α-hetero) is 1. The molecule has 2 rings (SSSR count). The highest BCUT2D eigenvalue weighted by Gasteiger charge is 2.19. The Hall–Kier alpha value is -0.940. The summed E-state index contributed by atoms with van der Waals surface area (Å²) in [6.45, 7) is 6.85. The first-order valence-electron chi connectivity index (χ1n) is 7.01. The van der Waals surface area contributed by atoms with Crippen LogP contribution in [0.1, 0.15) is 41.2 Å². The van der Waals surface area contributed by atoms with Gasteiger partial charge in [0.05, 0.1) is 22.3 Å². The number of aromatic nitrogens is 2. The fourth-order valence-electron chi connectivity index (χ4n) is 2.30. The van der Waals surface area contributed by atoms with Crippen LogP contribution < -0.4 is 0 Å². The van der Waals surface area contributed by atoms with E-state index in [1.807, 2.05) is 36.7 Å². The van der Waals surface area contributed by atoms with Gasteiger partial charge in [0.1, 0.15) is 0 Å². The smallest absolute Gasteiger partial charge is 0.169 e. The van der Waals surface area contributed by atoms with Gasteiger partial charge in [0.25, 0.3) is 0 Å². The summed E-state index contributed by atoms with van der Waals surface area (Å²) in [6, 6.07) is 5.76. The molecule has 0 saturated carbocycles. The second-order valence-electron chi connectivity index (χ2n) is 4.91. The Morgan fingerprint density at radius 1 is 1.24 bits per heavy atom. The molecule has 0 aliphatic rings. The molecule has 112 valence electrons. The van der Waals surface area contributed by atoms with Crippen LogP contribution in [0, 0.1) is 6.92 Å². The van der Waals surface area contributed by atoms with Crippen LogP contribution in [0.3, 0.4) is 0 Å². The van der Waals surface area contributed by atoms with E-state index in [-0.39, 0.29) is 5.78 Å². The summed E-state index contributed by atoms with van der Waals surface area (Å²) in [4.78, 5) is 12.6. The van der Waals surface area contributed by atoms with E-state index in [0.29, 0.717) is 6.42 Å². The van der Waals surface area contributed by atoms with E-state index < -0.39 is 0 Å². The highest BCUT2D eigenvalue weighted by Crippen LogP contribution is 2.26. The number of carbonyl (C=O) groups excluding carboxylic acids is 1. The number of aryl methyl sites for hydroxylation is 3. The van der Waals surface area contributed by atoms with Gasteiger partial charge in [-0.15, -0.1) is 0 Å². The zero-order valence-corrected chi connectivity index (χ0v) is 15.6. The molecule has 0 unspecified atom stereocenters. The zero-order valence-electron chi connectivity index (χ0n) is 12.4. The Bertz CT molecular complexity index is 677. The molecule has 21 heavy (non-hydrogen) atoms. The molecule has 1 aromatic heterocycles. The first-order valence-corrected chi connectivity index (χ1v) is 8.60. The lowest BCUT2D eigenvalue weighted by Crippen LogP contribution is -2.11. The Morgan fingerprint density at radius 2 is 1.95 bits per heavy atom. The zero-order chi connectivity index (χ0) is 15.6. The second kappa shape index (κ2) is 6.88. The number of nitrogens with zero attached hydrogens (tertiary/aromatic N) is 2. The van der Waals surface area contributed by atoms with Gasteiger partial charge in [0.2, 0.25) is 0 Å². The average molecular weight is 414 g/mol. The third-order valence-electron chi connectivity index (χ3n) is 3.51. The summed E-state index contributed by atoms with van der Waals surface area (Å²) in [5, 5.41) is 4.54. The van der Waals surface area contributed by atoms with Crippen molar-refractivity contribution in [2.24, 2.45) is 0 Å². The van der Waals surface area contributed by atoms with Crippen molar-refractivity contribution in [2.75, 3.05) is 0 Å². The Kier molecular flexibility index (Phi) is 5.38. The summed E-state index contributed by atoms with van der Waals surface area (Å²) in [5.74, 6) is 0.100. The number of rotatable bonds is 5. The maximum absolute atomic E-state index is 12.6. The van der Waals surface area contributed by atoms with Gasteiger partial charge in [-0.3, -0.25) is 9.48 Å². The minimum Gasteiger partial charge on any atom is -0.294 e. The quantitative estimate of drug-likeness (QED) is 0.664. The van der Waals surface area contributed by atoms with E-state index in [0.717, 1.165) is 44.4 Å². The van der Waals surface area contributed by atoms with Crippen molar-refractivity contribution in [2.45, 2.75) is 40.2 Å². The topological polar surface area (TPSA) is 34.9 Å². The van der Waals surface area contributed by atoms with Crippen LogP contribution in [0.2, 0.25) is 0 Å². The Labute approximate surface area is 142 Å². The van der Waals surface area contributed by atoms with Gasteiger partial charge in [0.15, 0.2) is 5.78 Å². The van der Waals surface area contributed by atoms with Crippen LogP contribution in [-0.2, 0) is 19.4 Å². The van der Waals surface area contributed by atoms with Crippen LogP contribution >= 0.6 is 31.9 Å². The number of hydrogen-bond acceptors (Lipinski definition) is 2. The van der Waals surface area contributed by atoms with Crippen LogP contribution in [0.15, 0.2) is 27.1 Å². The first kappa shape index (κ1) is 16.4. The molecule has 0 N–H and O–H groups in total. The second-order valence-corrected chi connectivity index (χ2v) is 6.50. The molecule has 0 radical (unpaired) electrons. The minimum atomic E-state index is 0.100. The number of ketones is 1. The van der Waals surface area contributed by atoms with E-state index in [1.165, 1.54) is 0 Å². The largest absolute Gasteiger partial charge is 0.294 e. The highest BCUT2D eigenvalue weighted by molar-refractivity contribution is 9.11. The monoisotopic (exact) mass is 412 g/mol. The lowest BCUT2D eigenvalue weighted by molar-refractivity contribution is 0.0989. The lowest BCUT2D eigenvalue weighted by Gasteiger charge is -2.08. The van der Waals surface area contributed by atoms with Crippen molar-refractivity contribution < 1.29 is 4.79 Å². The molecule has 0 bridgehead atoms. The van der Waals surface area contributed by atoms with Crippen LogP contribution in [0.4, 0.5) is 0 Å². The maximum atomic E-state index is 12.6. The van der Waals surface area contributed by atoms with Crippen molar-refractivity contribution in [3.8, 4) is 0 Å². The molecule has 0 aliphatic heterocycles. The molecule has 1 heterocycles. The van der Waals surface area contributed by atoms with Crippen molar-refractivity contribution in [3.05, 3.63) is 49.7 Å². The summed E-state index contributed by atoms with van der Waals surface area (Å²) in [5.41, 5.74) is 3.75. The van der Waals surface area contributed by atoms with Crippen molar-refractivity contribution in [1.29, 1.82) is 0 Å². The van der Waals surface area contributed by atoms with Crippen molar-refractivity contribution in [3.63, 3.8) is 0 Å². The highest BCUT2D eigenvalue weighted by atomic mass is 79.9. The molecule has 2 aromatic rings. The molecule has 0 spiro atoms. The molecule has 0 saturated heterocycles. The van der Waals surface area contributed by atoms with Gasteiger partial charge in [-0.2, -0.15) is 5.10 Å². The van der Waals surface area contributed by atoms with E-state index in [1.54, 1.807) is 0 Å². The Balaban J connectivity index is 2.36. The molecule has 1 aromatic carbocycles. The van der Waals surface area contributed by atoms with Gasteiger partial charge >= 0.3 is 0 Å². The fraction of sp³-hybridized carbons (Fsp3) is 0.375. The fourth-order valence-corrected chi connectivity index (χ4v) is 3.49. The number of carbonyl (C=O) groups is 1. The van der Waals surface area contributed by atoms with Crippen LogP contribution in [-0.4, -0.2) is 15.6 Å². The third-order valence-corrected chi connectivity index (χ3v) is 5.48. The molecule has 5 heteroatoms. The van der Waals surface area contributed by atoms with E-state index in [4.69, 9.17) is 0 Å². The summed E-state index contributed by atoms with van der Waals surface area (Å²) in [6.07, 6.45) is 1.20. The third kappa shape index (κ3) is 3.29. The molecular formula is C16H18Br2N2O. The molecule has 0 amide bonds. The van der Waals surface area contributed by atoms with Gasteiger partial charge < -0.3 is 0 Å². The van der Waals surface area contributed by atoms with Gasteiger partial charge in [-0.25, -0.2) is 0 Å². The van der Waals surface area contributed by atoms with E-state index in [9.17, 15) is 4.79 Å². The summed E-state index contributed by atoms with van der Waals surface area (Å²) in [7, 11) is 0. The van der Waals surface area contributed by atoms with Gasteiger partial charge in [-0.05, 0) is 57.7 Å². The molecule has 0 fully saturated rings. The molecule has 3 nitrogen and oxygen atoms in total. The number of hydrogen-bond donors (Lipinski definition) is 0. The molecule has 0 atom stereocenters. The lowest BCUT2D eigenvalue weighted by atomic mass is 10.0. The van der Waals surface area contributed by atoms with Gasteiger partial charge in [-0.1, -0.05) is 25.1 Å². The van der Waals surface area contributed by atoms with E-state index in [2.05, 4.69) is 43.9 Å². The van der Waals surface area contributed by atoms with Crippen LogP contribution in [0.25, 0.3) is 0 Å². The van der Waals surface area contributed by atoms with Gasteiger partial charge in [0, 0.05) is 16.6 Å². The summed E-state index contributed by atoms with van der Waals surface area (Å²) >= 11 is 7.10. The first-order chi connectivity index (χ1) is 9.99. The number of benzene rings is 1. The normalized spacial score (nSPS) is 10.9. The summed E-state index contributed by atoms with van der Waals surface area (Å²) < 4.78 is 3.75. The molecular weight excluding hydrogens is 396 g/mol. The maximum Gasteiger partial charge on any atom is 0.169 e. The van der Waals surface area contributed by atoms with Crippen molar-refractivity contribution >= 4 is 37.6 Å². The SMILES string of the molecule is CCc1nn(CC)c(CC(=O)c2cccc(C)c2Br)c1Br. The predicted octanol–water partition coefficient (Wildman–Crippen LogP) is 4.72. The number of halogens is 2. The Morgan fingerprint density at radius 3 is 2.57 bits per heavy atom. The minimum absolute atomic E-state index is 0.100. The van der Waals surface area contributed by atoms with Crippen molar-refractivity contribution in [1.82, 2.24) is 9.78 Å². The van der Waals surface area contributed by atoms with Crippen LogP contribution in [0.5, 0.6) is 0 Å². The standard InChI is InChI=1S/C16H18Br2N2O/c1-4-12-16(18)13(20(5-2)19-12)9-14(21)11-8-6-7-10(3)15(11)17/h6-8H,4-5,9H2,1-3H3. The van der Waals surface area contributed by atoms with E-state index >= 15 is 0 Å². The average Bonchev–Trinajstić information content (AvgIpc) is 2.78.